The normalized spacial score (nSPS) is 10.5. The summed E-state index contributed by atoms with van der Waals surface area (Å²) in [5.41, 5.74) is 3.43. The zero-order chi connectivity index (χ0) is 23.1. The minimum Gasteiger partial charge on any atom is -0.452 e. The summed E-state index contributed by atoms with van der Waals surface area (Å²) in [6, 6.07) is 9.73. The number of benzene rings is 1. The molecule has 2 aromatic heterocycles. The van der Waals surface area contributed by atoms with Crippen molar-refractivity contribution < 1.29 is 23.6 Å². The molecule has 166 valence electrons. The van der Waals surface area contributed by atoms with Gasteiger partial charge in [-0.05, 0) is 44.5 Å². The van der Waals surface area contributed by atoms with Crippen molar-refractivity contribution in [1.29, 1.82) is 0 Å². The number of ether oxygens (including phenoxy) is 1. The lowest BCUT2D eigenvalue weighted by Crippen LogP contribution is -2.37. The summed E-state index contributed by atoms with van der Waals surface area (Å²) in [4.78, 5) is 40.7. The molecule has 3 aromatic rings. The Bertz CT molecular complexity index is 1140. The molecule has 0 spiro atoms. The van der Waals surface area contributed by atoms with Crippen LogP contribution < -0.4 is 10.6 Å². The van der Waals surface area contributed by atoms with Gasteiger partial charge in [0.1, 0.15) is 10.8 Å². The van der Waals surface area contributed by atoms with E-state index in [1.807, 2.05) is 26.0 Å². The molecular formula is C22H22N4O5S. The van der Waals surface area contributed by atoms with Crippen LogP contribution in [0.1, 0.15) is 32.9 Å². The van der Waals surface area contributed by atoms with Crippen LogP contribution in [0.25, 0.3) is 0 Å². The molecule has 0 saturated carbocycles. The standard InChI is InChI=1S/C22H22N4O5S/c1-13-6-7-18(14(2)9-13)24-22(29)25-19(27)11-30-21(28)17-5-4-8-23-20(17)32-12-16-10-15(3)31-26-16/h4-10H,11-12H2,1-3H3,(H2,24,25,27,29). The SMILES string of the molecule is Cc1ccc(NC(=O)NC(=O)COC(=O)c2cccnc2SCc2cc(C)on2)c(C)c1. The molecule has 1 aromatic carbocycles. The summed E-state index contributed by atoms with van der Waals surface area (Å²) >= 11 is 1.29. The number of aryl methyl sites for hydroxylation is 3. The van der Waals surface area contributed by atoms with E-state index in [2.05, 4.69) is 20.8 Å². The maximum Gasteiger partial charge on any atom is 0.341 e. The molecule has 3 rings (SSSR count). The average Bonchev–Trinajstić information content (AvgIpc) is 3.18. The van der Waals surface area contributed by atoms with E-state index in [1.54, 1.807) is 37.4 Å². The number of esters is 1. The molecule has 3 amide bonds. The minimum absolute atomic E-state index is 0.213. The van der Waals surface area contributed by atoms with Gasteiger partial charge < -0.3 is 14.6 Å². The number of hydrogen-bond donors (Lipinski definition) is 2. The highest BCUT2D eigenvalue weighted by molar-refractivity contribution is 7.98. The van der Waals surface area contributed by atoms with Gasteiger partial charge in [0.15, 0.2) is 6.61 Å². The fourth-order valence-electron chi connectivity index (χ4n) is 2.77. The third kappa shape index (κ3) is 6.42. The highest BCUT2D eigenvalue weighted by Crippen LogP contribution is 2.24. The van der Waals surface area contributed by atoms with E-state index in [9.17, 15) is 14.4 Å². The first-order valence-electron chi connectivity index (χ1n) is 9.67. The zero-order valence-corrected chi connectivity index (χ0v) is 18.6. The van der Waals surface area contributed by atoms with Gasteiger partial charge in [-0.25, -0.2) is 14.6 Å². The number of nitrogens with zero attached hydrogens (tertiary/aromatic N) is 2. The van der Waals surface area contributed by atoms with E-state index in [1.165, 1.54) is 11.8 Å². The molecule has 32 heavy (non-hydrogen) atoms. The summed E-state index contributed by atoms with van der Waals surface area (Å²) in [5.74, 6) is -0.333. The van der Waals surface area contributed by atoms with Gasteiger partial charge in [0, 0.05) is 23.7 Å². The van der Waals surface area contributed by atoms with Gasteiger partial charge in [-0.3, -0.25) is 10.1 Å². The number of carbonyl (C=O) groups is 3. The van der Waals surface area contributed by atoms with Crippen molar-refractivity contribution in [2.24, 2.45) is 0 Å². The first-order valence-corrected chi connectivity index (χ1v) is 10.7. The molecule has 0 fully saturated rings. The van der Waals surface area contributed by atoms with Crippen LogP contribution >= 0.6 is 11.8 Å². The lowest BCUT2D eigenvalue weighted by atomic mass is 10.1. The molecule has 0 bridgehead atoms. The van der Waals surface area contributed by atoms with Crippen LogP contribution in [0.2, 0.25) is 0 Å². The van der Waals surface area contributed by atoms with Crippen LogP contribution in [-0.2, 0) is 15.3 Å². The average molecular weight is 455 g/mol. The molecule has 2 heterocycles. The fraction of sp³-hybridized carbons (Fsp3) is 0.227. The van der Waals surface area contributed by atoms with E-state index in [-0.39, 0.29) is 5.56 Å². The summed E-state index contributed by atoms with van der Waals surface area (Å²) in [5, 5.41) is 9.07. The smallest absolute Gasteiger partial charge is 0.341 e. The van der Waals surface area contributed by atoms with Crippen molar-refractivity contribution in [1.82, 2.24) is 15.5 Å². The third-order valence-corrected chi connectivity index (χ3v) is 5.28. The van der Waals surface area contributed by atoms with Crippen molar-refractivity contribution in [3.63, 3.8) is 0 Å². The van der Waals surface area contributed by atoms with Gasteiger partial charge in [0.25, 0.3) is 5.91 Å². The number of aromatic nitrogens is 2. The molecule has 0 aliphatic rings. The largest absolute Gasteiger partial charge is 0.452 e. The molecule has 0 aliphatic heterocycles. The Morgan fingerprint density at radius 2 is 1.94 bits per heavy atom. The molecule has 0 aliphatic carbocycles. The number of carbonyl (C=O) groups excluding carboxylic acids is 3. The number of nitrogens with one attached hydrogen (secondary N) is 2. The fourth-order valence-corrected chi connectivity index (χ4v) is 3.63. The maximum atomic E-state index is 12.4. The second-order valence-corrected chi connectivity index (χ2v) is 7.93. The molecule has 0 atom stereocenters. The van der Waals surface area contributed by atoms with Crippen molar-refractivity contribution >= 4 is 35.4 Å². The number of rotatable bonds is 7. The van der Waals surface area contributed by atoms with Gasteiger partial charge in [-0.2, -0.15) is 0 Å². The van der Waals surface area contributed by atoms with Crippen LogP contribution in [0, 0.1) is 20.8 Å². The minimum atomic E-state index is -0.753. The van der Waals surface area contributed by atoms with Crippen molar-refractivity contribution in [2.75, 3.05) is 11.9 Å². The molecule has 0 radical (unpaired) electrons. The summed E-state index contributed by atoms with van der Waals surface area (Å²) < 4.78 is 10.1. The number of urea groups is 1. The number of pyridine rings is 1. The predicted octanol–water partition coefficient (Wildman–Crippen LogP) is 3.79. The van der Waals surface area contributed by atoms with Gasteiger partial charge in [0.05, 0.1) is 11.3 Å². The van der Waals surface area contributed by atoms with Crippen LogP contribution in [0.5, 0.6) is 0 Å². The lowest BCUT2D eigenvalue weighted by Gasteiger charge is -2.10. The number of imide groups is 1. The first-order chi connectivity index (χ1) is 15.3. The number of anilines is 1. The molecule has 0 unspecified atom stereocenters. The third-order valence-electron chi connectivity index (χ3n) is 4.24. The van der Waals surface area contributed by atoms with Crippen LogP contribution in [-0.4, -0.2) is 34.7 Å². The number of amides is 3. The van der Waals surface area contributed by atoms with E-state index in [0.717, 1.165) is 11.1 Å². The Balaban J connectivity index is 1.51. The predicted molar refractivity (Wildman–Crippen MR) is 118 cm³/mol. The first kappa shape index (κ1) is 23.0. The lowest BCUT2D eigenvalue weighted by molar-refractivity contribution is -0.123. The van der Waals surface area contributed by atoms with Crippen molar-refractivity contribution in [3.05, 3.63) is 70.7 Å². The van der Waals surface area contributed by atoms with Crippen molar-refractivity contribution in [3.8, 4) is 0 Å². The quantitative estimate of drug-likeness (QED) is 0.408. The number of thioether (sulfide) groups is 1. The topological polar surface area (TPSA) is 123 Å². The molecule has 2 N–H and O–H groups in total. The highest BCUT2D eigenvalue weighted by atomic mass is 32.2. The van der Waals surface area contributed by atoms with E-state index >= 15 is 0 Å². The van der Waals surface area contributed by atoms with Gasteiger partial charge in [0.2, 0.25) is 0 Å². The molecule has 9 nitrogen and oxygen atoms in total. The zero-order valence-electron chi connectivity index (χ0n) is 17.8. The van der Waals surface area contributed by atoms with Gasteiger partial charge in [-0.1, -0.05) is 34.6 Å². The maximum absolute atomic E-state index is 12.4. The van der Waals surface area contributed by atoms with Crippen LogP contribution in [0.4, 0.5) is 10.5 Å². The molecule has 10 heteroatoms. The Morgan fingerprint density at radius 1 is 1.12 bits per heavy atom. The number of hydrogen-bond acceptors (Lipinski definition) is 8. The van der Waals surface area contributed by atoms with Gasteiger partial charge >= 0.3 is 12.0 Å². The van der Waals surface area contributed by atoms with Crippen LogP contribution in [0.15, 0.2) is 52.1 Å². The Morgan fingerprint density at radius 3 is 2.66 bits per heavy atom. The van der Waals surface area contributed by atoms with Crippen molar-refractivity contribution in [2.45, 2.75) is 31.6 Å². The van der Waals surface area contributed by atoms with Crippen LogP contribution in [0.3, 0.4) is 0 Å². The van der Waals surface area contributed by atoms with Gasteiger partial charge in [-0.15, -0.1) is 0 Å². The Labute approximate surface area is 188 Å². The molecule has 0 saturated heterocycles. The van der Waals surface area contributed by atoms with E-state index in [4.69, 9.17) is 9.26 Å². The second-order valence-electron chi connectivity index (χ2n) is 6.97. The summed E-state index contributed by atoms with van der Waals surface area (Å²) in [7, 11) is 0. The summed E-state index contributed by atoms with van der Waals surface area (Å²) in [6.45, 7) is 4.97. The second kappa shape index (κ2) is 10.6. The Kier molecular flexibility index (Phi) is 7.61. The molecular weight excluding hydrogens is 432 g/mol. The van der Waals surface area contributed by atoms with E-state index in [0.29, 0.717) is 27.9 Å². The monoisotopic (exact) mass is 454 g/mol. The van der Waals surface area contributed by atoms with E-state index < -0.39 is 24.5 Å². The highest BCUT2D eigenvalue weighted by Gasteiger charge is 2.17. The summed E-state index contributed by atoms with van der Waals surface area (Å²) in [6.07, 6.45) is 1.55. The Hall–Kier alpha value is -3.66.